The topological polar surface area (TPSA) is 77.0 Å². The zero-order valence-electron chi connectivity index (χ0n) is 24.3. The fraction of sp³-hybridized carbons (Fsp3) is 0.206. The second-order valence-electron chi connectivity index (χ2n) is 10.2. The number of likely N-dealkylation sites (N-methyl/N-ethyl adjacent to an activating group) is 1. The molecule has 218 valence electrons. The molecule has 5 aromatic rings. The lowest BCUT2D eigenvalue weighted by atomic mass is 9.90. The van der Waals surface area contributed by atoms with Gasteiger partial charge in [-0.05, 0) is 61.9 Å². The lowest BCUT2D eigenvalue weighted by Crippen LogP contribution is -2.43. The molecule has 0 N–H and O–H groups in total. The number of furan rings is 1. The van der Waals surface area contributed by atoms with E-state index in [1.807, 2.05) is 87.5 Å². The van der Waals surface area contributed by atoms with Crippen molar-refractivity contribution in [3.05, 3.63) is 120 Å². The van der Waals surface area contributed by atoms with Crippen molar-refractivity contribution < 1.29 is 13.9 Å². The summed E-state index contributed by atoms with van der Waals surface area (Å²) in [6.45, 7) is 6.79. The van der Waals surface area contributed by atoms with Gasteiger partial charge in [0.05, 0.1) is 22.9 Å². The number of nitrogens with zero attached hydrogens (tertiary/aromatic N) is 3. The van der Waals surface area contributed by atoms with Crippen molar-refractivity contribution in [3.8, 4) is 17.1 Å². The van der Waals surface area contributed by atoms with Crippen LogP contribution in [0.25, 0.3) is 28.2 Å². The summed E-state index contributed by atoms with van der Waals surface area (Å²) in [4.78, 5) is 35.4. The van der Waals surface area contributed by atoms with Crippen molar-refractivity contribution in [3.63, 3.8) is 0 Å². The predicted molar refractivity (Wildman–Crippen MR) is 171 cm³/mol. The zero-order valence-corrected chi connectivity index (χ0v) is 25.8. The fourth-order valence-electron chi connectivity index (χ4n) is 5.64. The van der Waals surface area contributed by atoms with E-state index >= 15 is 0 Å². The molecule has 6 rings (SSSR count). The summed E-state index contributed by atoms with van der Waals surface area (Å²) in [7, 11) is 1.61. The Hall–Kier alpha value is -4.40. The summed E-state index contributed by atoms with van der Waals surface area (Å²) < 4.78 is 14.0. The van der Waals surface area contributed by atoms with Gasteiger partial charge in [-0.1, -0.05) is 65.4 Å². The normalized spacial score (nSPS) is 15.0. The molecule has 0 saturated heterocycles. The third kappa shape index (κ3) is 5.11. The second kappa shape index (κ2) is 11.7. The van der Waals surface area contributed by atoms with E-state index in [0.29, 0.717) is 56.0 Å². The lowest BCUT2D eigenvalue weighted by Gasteiger charge is -2.30. The van der Waals surface area contributed by atoms with Crippen LogP contribution in [-0.2, 0) is 4.79 Å². The van der Waals surface area contributed by atoms with Gasteiger partial charge in [-0.3, -0.25) is 14.2 Å². The Morgan fingerprint density at radius 3 is 2.63 bits per heavy atom. The van der Waals surface area contributed by atoms with Gasteiger partial charge in [0.2, 0.25) is 0 Å². The number of benzene rings is 3. The fourth-order valence-corrected chi connectivity index (χ4v) is 6.86. The molecule has 3 heterocycles. The van der Waals surface area contributed by atoms with Crippen molar-refractivity contribution in [1.29, 1.82) is 0 Å². The standard InChI is InChI=1S/C34H30ClN3O4S/c1-5-37(6-2)33(40)29-20(3)36-34-38(31(29)30-25-13-8-7-10-21(25)14-16-27(30)41-4)32(39)28(43-34)19-24-15-17-26(42-24)22-11-9-12-23(35)18-22/h7-19,31H,5-6H2,1-4H3/b28-19+/t31-/m0/s1. The monoisotopic (exact) mass is 611 g/mol. The third-order valence-corrected chi connectivity index (χ3v) is 8.95. The van der Waals surface area contributed by atoms with Gasteiger partial charge < -0.3 is 14.1 Å². The average Bonchev–Trinajstić information content (AvgIpc) is 3.60. The first-order chi connectivity index (χ1) is 20.8. The molecule has 0 aliphatic carbocycles. The van der Waals surface area contributed by atoms with Crippen molar-refractivity contribution >= 4 is 45.7 Å². The van der Waals surface area contributed by atoms with Gasteiger partial charge in [0.15, 0.2) is 4.80 Å². The summed E-state index contributed by atoms with van der Waals surface area (Å²) in [6.07, 6.45) is 1.72. The Labute approximate surface area is 257 Å². The number of methoxy groups -OCH3 is 1. The van der Waals surface area contributed by atoms with E-state index in [1.54, 1.807) is 28.7 Å². The Kier molecular flexibility index (Phi) is 7.81. The van der Waals surface area contributed by atoms with E-state index < -0.39 is 6.04 Å². The minimum absolute atomic E-state index is 0.155. The van der Waals surface area contributed by atoms with E-state index in [0.717, 1.165) is 21.9 Å². The van der Waals surface area contributed by atoms with Gasteiger partial charge in [0, 0.05) is 35.3 Å². The van der Waals surface area contributed by atoms with Crippen LogP contribution in [0.4, 0.5) is 0 Å². The first kappa shape index (κ1) is 28.7. The molecule has 1 aliphatic heterocycles. The van der Waals surface area contributed by atoms with E-state index in [1.165, 1.54) is 11.3 Å². The number of amides is 1. The summed E-state index contributed by atoms with van der Waals surface area (Å²) in [5.74, 6) is 1.60. The molecular weight excluding hydrogens is 582 g/mol. The number of halogens is 1. The van der Waals surface area contributed by atoms with Gasteiger partial charge in [-0.2, -0.15) is 0 Å². The van der Waals surface area contributed by atoms with Crippen LogP contribution in [0.2, 0.25) is 5.02 Å². The first-order valence-electron chi connectivity index (χ1n) is 14.1. The maximum Gasteiger partial charge on any atom is 0.271 e. The van der Waals surface area contributed by atoms with E-state index in [-0.39, 0.29) is 11.5 Å². The van der Waals surface area contributed by atoms with Crippen LogP contribution in [0.3, 0.4) is 0 Å². The van der Waals surface area contributed by atoms with Gasteiger partial charge >= 0.3 is 0 Å². The molecule has 0 spiro atoms. The number of carbonyl (C=O) groups is 1. The number of allylic oxidation sites excluding steroid dienone is 1. The van der Waals surface area contributed by atoms with Crippen molar-refractivity contribution in [2.45, 2.75) is 26.8 Å². The molecule has 9 heteroatoms. The molecular formula is C34H30ClN3O4S. The maximum absolute atomic E-state index is 14.3. The largest absolute Gasteiger partial charge is 0.496 e. The molecule has 0 radical (unpaired) electrons. The molecule has 1 atom stereocenters. The zero-order chi connectivity index (χ0) is 30.2. The molecule has 0 unspecified atom stereocenters. The van der Waals surface area contributed by atoms with Crippen LogP contribution in [0, 0.1) is 0 Å². The average molecular weight is 612 g/mol. The number of thiazole rings is 1. The number of rotatable bonds is 7. The van der Waals surface area contributed by atoms with Crippen molar-refractivity contribution in [2.24, 2.45) is 4.99 Å². The minimum atomic E-state index is -0.744. The Balaban J connectivity index is 1.58. The molecule has 0 bridgehead atoms. The summed E-state index contributed by atoms with van der Waals surface area (Å²) in [5.41, 5.74) is 2.36. The summed E-state index contributed by atoms with van der Waals surface area (Å²) in [6, 6.07) is 22.1. The number of ether oxygens (including phenoxy) is 1. The number of hydrogen-bond acceptors (Lipinski definition) is 6. The van der Waals surface area contributed by atoms with Crippen LogP contribution in [0.15, 0.2) is 98.3 Å². The molecule has 1 amide bonds. The number of hydrogen-bond donors (Lipinski definition) is 0. The lowest BCUT2D eigenvalue weighted by molar-refractivity contribution is -0.127. The van der Waals surface area contributed by atoms with Crippen LogP contribution in [-0.4, -0.2) is 35.6 Å². The molecule has 0 fully saturated rings. The number of carbonyl (C=O) groups excluding carboxylic acids is 1. The highest BCUT2D eigenvalue weighted by Crippen LogP contribution is 2.40. The highest BCUT2D eigenvalue weighted by atomic mass is 35.5. The molecule has 0 saturated carbocycles. The van der Waals surface area contributed by atoms with Crippen molar-refractivity contribution in [1.82, 2.24) is 9.47 Å². The Morgan fingerprint density at radius 2 is 1.88 bits per heavy atom. The van der Waals surface area contributed by atoms with E-state index in [4.69, 9.17) is 25.7 Å². The van der Waals surface area contributed by atoms with Crippen LogP contribution >= 0.6 is 22.9 Å². The number of fused-ring (bicyclic) bond motifs is 2. The smallest absolute Gasteiger partial charge is 0.271 e. The van der Waals surface area contributed by atoms with Gasteiger partial charge in [-0.25, -0.2) is 4.99 Å². The molecule has 2 aromatic heterocycles. The third-order valence-electron chi connectivity index (χ3n) is 7.74. The molecule has 1 aliphatic rings. The van der Waals surface area contributed by atoms with Crippen LogP contribution in [0.1, 0.15) is 38.1 Å². The predicted octanol–water partition coefficient (Wildman–Crippen LogP) is 6.18. The van der Waals surface area contributed by atoms with Crippen LogP contribution < -0.4 is 19.6 Å². The van der Waals surface area contributed by atoms with E-state index in [9.17, 15) is 9.59 Å². The summed E-state index contributed by atoms with van der Waals surface area (Å²) >= 11 is 7.44. The molecule has 7 nitrogen and oxygen atoms in total. The Bertz CT molecular complexity index is 2080. The maximum atomic E-state index is 14.3. The number of aromatic nitrogens is 1. The van der Waals surface area contributed by atoms with Crippen molar-refractivity contribution in [2.75, 3.05) is 20.2 Å². The SMILES string of the molecule is CCN(CC)C(=O)C1=C(C)N=c2s/c(=C/c3ccc(-c4cccc(Cl)c4)o3)c(=O)n2[C@@H]1c1c(OC)ccc2ccccc12. The highest BCUT2D eigenvalue weighted by molar-refractivity contribution is 7.07. The first-order valence-corrected chi connectivity index (χ1v) is 15.3. The molecule has 43 heavy (non-hydrogen) atoms. The second-order valence-corrected chi connectivity index (χ2v) is 11.6. The highest BCUT2D eigenvalue weighted by Gasteiger charge is 2.36. The van der Waals surface area contributed by atoms with Crippen LogP contribution in [0.5, 0.6) is 5.75 Å². The minimum Gasteiger partial charge on any atom is -0.496 e. The van der Waals surface area contributed by atoms with Gasteiger partial charge in [-0.15, -0.1) is 0 Å². The van der Waals surface area contributed by atoms with Gasteiger partial charge in [0.25, 0.3) is 11.5 Å². The Morgan fingerprint density at radius 1 is 1.09 bits per heavy atom. The molecule has 3 aromatic carbocycles. The summed E-state index contributed by atoms with van der Waals surface area (Å²) in [5, 5.41) is 2.49. The quantitative estimate of drug-likeness (QED) is 0.220. The van der Waals surface area contributed by atoms with E-state index in [2.05, 4.69) is 0 Å². The van der Waals surface area contributed by atoms with Gasteiger partial charge in [0.1, 0.15) is 23.3 Å².